The Kier molecular flexibility index (Phi) is 2.50. The Morgan fingerprint density at radius 3 is 2.69 bits per heavy atom. The molecule has 1 saturated heterocycles. The highest BCUT2D eigenvalue weighted by atomic mass is 16.5. The molecule has 0 radical (unpaired) electrons. The third-order valence-electron chi connectivity index (χ3n) is 2.38. The summed E-state index contributed by atoms with van der Waals surface area (Å²) in [6.07, 6.45) is 1.48. The molecule has 70 valence electrons. The predicted molar refractivity (Wildman–Crippen MR) is 51.5 cm³/mol. The first-order valence-electron chi connectivity index (χ1n) is 4.73. The zero-order valence-electron chi connectivity index (χ0n) is 7.70. The molecule has 0 bridgehead atoms. The normalized spacial score (nSPS) is 27.5. The summed E-state index contributed by atoms with van der Waals surface area (Å²) in [6, 6.07) is 10.0. The highest BCUT2D eigenvalue weighted by Crippen LogP contribution is 2.12. The molecule has 1 aliphatic rings. The Morgan fingerprint density at radius 1 is 1.31 bits per heavy atom. The van der Waals surface area contributed by atoms with E-state index in [4.69, 9.17) is 4.74 Å². The molecule has 0 spiro atoms. The molecule has 2 unspecified atom stereocenters. The molecule has 2 nitrogen and oxygen atoms in total. The fraction of sp³-hybridized carbons (Fsp3) is 0.364. The number of benzene rings is 1. The largest absolute Gasteiger partial charge is 0.484 e. The van der Waals surface area contributed by atoms with Crippen LogP contribution in [0.1, 0.15) is 6.42 Å². The Bertz CT molecular complexity index is 260. The van der Waals surface area contributed by atoms with Crippen LogP contribution >= 0.6 is 0 Å². The minimum Gasteiger partial charge on any atom is -0.484 e. The molecule has 0 aromatic heterocycles. The van der Waals surface area contributed by atoms with Gasteiger partial charge in [0.2, 0.25) is 0 Å². The number of ether oxygens (including phenoxy) is 1. The Hall–Kier alpha value is -1.02. The number of hydrogen-bond acceptors (Lipinski definition) is 1. The zero-order valence-corrected chi connectivity index (χ0v) is 7.70. The van der Waals surface area contributed by atoms with Crippen LogP contribution in [-0.4, -0.2) is 19.2 Å². The van der Waals surface area contributed by atoms with Gasteiger partial charge in [-0.25, -0.2) is 0 Å². The molecule has 0 saturated carbocycles. The minimum absolute atomic E-state index is 0.356. The van der Waals surface area contributed by atoms with Crippen molar-refractivity contribution in [1.29, 1.82) is 0 Å². The van der Waals surface area contributed by atoms with E-state index >= 15 is 0 Å². The van der Waals surface area contributed by atoms with Crippen molar-refractivity contribution >= 4 is 0 Å². The van der Waals surface area contributed by atoms with Gasteiger partial charge in [0.1, 0.15) is 5.75 Å². The van der Waals surface area contributed by atoms with Gasteiger partial charge in [-0.05, 0) is 12.1 Å². The van der Waals surface area contributed by atoms with Crippen LogP contribution in [0.3, 0.4) is 0 Å². The molecular formula is C11H15NO. The molecule has 1 aromatic carbocycles. The molecule has 0 aliphatic carbocycles. The molecule has 1 aliphatic heterocycles. The van der Waals surface area contributed by atoms with Gasteiger partial charge in [0.25, 0.3) is 0 Å². The van der Waals surface area contributed by atoms with Gasteiger partial charge in [-0.2, -0.15) is 7.05 Å². The maximum atomic E-state index is 5.78. The summed E-state index contributed by atoms with van der Waals surface area (Å²) in [6.45, 7) is 2.15. The second-order valence-electron chi connectivity index (χ2n) is 3.55. The molecule has 0 amide bonds. The predicted octanol–water partition coefficient (Wildman–Crippen LogP) is 0.514. The van der Waals surface area contributed by atoms with Crippen LogP contribution in [0.4, 0.5) is 0 Å². The molecule has 2 heteroatoms. The second-order valence-corrected chi connectivity index (χ2v) is 3.55. The highest BCUT2D eigenvalue weighted by molar-refractivity contribution is 5.21. The van der Waals surface area contributed by atoms with Gasteiger partial charge in [0.15, 0.2) is 6.10 Å². The van der Waals surface area contributed by atoms with Gasteiger partial charge in [-0.3, -0.25) is 0 Å². The molecule has 1 N–H and O–H groups in total. The first kappa shape index (κ1) is 8.57. The summed E-state index contributed by atoms with van der Waals surface area (Å²) < 4.78 is 5.78. The summed E-state index contributed by atoms with van der Waals surface area (Å²) in [5, 5.41) is 0. The van der Waals surface area contributed by atoms with Crippen molar-refractivity contribution in [1.82, 2.24) is 0 Å². The van der Waals surface area contributed by atoms with Gasteiger partial charge >= 0.3 is 0 Å². The average molecular weight is 177 g/mol. The molecule has 1 aromatic rings. The van der Waals surface area contributed by atoms with Gasteiger partial charge < -0.3 is 9.64 Å². The third kappa shape index (κ3) is 2.22. The molecule has 13 heavy (non-hydrogen) atoms. The standard InChI is InChI=1S/C11H15NO/c1-12-8-7-11(9-12)13-10-5-3-2-4-6-10/h2-6,11-12H,1,7-9H2. The maximum absolute atomic E-state index is 5.78. The molecule has 2 rings (SSSR count). The van der Waals surface area contributed by atoms with Crippen molar-refractivity contribution < 1.29 is 9.64 Å². The Morgan fingerprint density at radius 2 is 2.08 bits per heavy atom. The van der Waals surface area contributed by atoms with Crippen molar-refractivity contribution in [2.24, 2.45) is 0 Å². The monoisotopic (exact) mass is 177 g/mol. The van der Waals surface area contributed by atoms with Crippen LogP contribution < -0.4 is 9.64 Å². The van der Waals surface area contributed by atoms with E-state index in [1.54, 1.807) is 0 Å². The first-order valence-corrected chi connectivity index (χ1v) is 4.73. The van der Waals surface area contributed by atoms with Crippen LogP contribution in [0.5, 0.6) is 5.75 Å². The van der Waals surface area contributed by atoms with E-state index in [2.05, 4.69) is 7.05 Å². The van der Waals surface area contributed by atoms with Crippen molar-refractivity contribution in [3.05, 3.63) is 37.4 Å². The van der Waals surface area contributed by atoms with Crippen LogP contribution in [0.15, 0.2) is 30.3 Å². The Labute approximate surface area is 79.1 Å². The average Bonchev–Trinajstić information content (AvgIpc) is 2.53. The number of hydrogen-bond donors (Lipinski definition) is 1. The Balaban J connectivity index is 1.92. The SMILES string of the molecule is [CH2-][NH+]1CCC(Oc2ccccc2)C1. The fourth-order valence-electron chi connectivity index (χ4n) is 1.68. The molecule has 2 atom stereocenters. The van der Waals surface area contributed by atoms with Crippen molar-refractivity contribution in [3.63, 3.8) is 0 Å². The highest BCUT2D eigenvalue weighted by Gasteiger charge is 2.21. The molecule has 1 heterocycles. The van der Waals surface area contributed by atoms with Crippen LogP contribution in [0.2, 0.25) is 0 Å². The minimum atomic E-state index is 0.356. The lowest BCUT2D eigenvalue weighted by Gasteiger charge is -2.14. The van der Waals surface area contributed by atoms with Crippen molar-refractivity contribution in [2.75, 3.05) is 13.1 Å². The van der Waals surface area contributed by atoms with Gasteiger partial charge in [-0.1, -0.05) is 18.2 Å². The smallest absolute Gasteiger partial charge is 0.150 e. The summed E-state index contributed by atoms with van der Waals surface area (Å²) in [4.78, 5) is 1.32. The summed E-state index contributed by atoms with van der Waals surface area (Å²) in [7, 11) is 3.97. The lowest BCUT2D eigenvalue weighted by Crippen LogP contribution is -3.05. The van der Waals surface area contributed by atoms with E-state index < -0.39 is 0 Å². The van der Waals surface area contributed by atoms with E-state index in [-0.39, 0.29) is 0 Å². The first-order chi connectivity index (χ1) is 6.34. The number of para-hydroxylation sites is 1. The number of likely N-dealkylation sites (tertiary alicyclic amines) is 1. The third-order valence-corrected chi connectivity index (χ3v) is 2.38. The van der Waals surface area contributed by atoms with E-state index in [1.165, 1.54) is 4.90 Å². The van der Waals surface area contributed by atoms with E-state index in [0.29, 0.717) is 6.10 Å². The van der Waals surface area contributed by atoms with E-state index in [0.717, 1.165) is 25.3 Å². The van der Waals surface area contributed by atoms with E-state index in [9.17, 15) is 0 Å². The van der Waals surface area contributed by atoms with Crippen molar-refractivity contribution in [3.8, 4) is 5.75 Å². The quantitative estimate of drug-likeness (QED) is 0.650. The molecule has 1 fully saturated rings. The zero-order chi connectivity index (χ0) is 9.10. The number of rotatable bonds is 2. The maximum Gasteiger partial charge on any atom is 0.150 e. The lowest BCUT2D eigenvalue weighted by atomic mass is 10.3. The number of quaternary nitrogens is 1. The van der Waals surface area contributed by atoms with Crippen LogP contribution in [0, 0.1) is 7.05 Å². The summed E-state index contributed by atoms with van der Waals surface area (Å²) in [5.41, 5.74) is 0. The summed E-state index contributed by atoms with van der Waals surface area (Å²) >= 11 is 0. The van der Waals surface area contributed by atoms with E-state index in [1.807, 2.05) is 30.3 Å². The fourth-order valence-corrected chi connectivity index (χ4v) is 1.68. The lowest BCUT2D eigenvalue weighted by molar-refractivity contribution is -0.841. The van der Waals surface area contributed by atoms with Crippen molar-refractivity contribution in [2.45, 2.75) is 12.5 Å². The van der Waals surface area contributed by atoms with Gasteiger partial charge in [0, 0.05) is 6.42 Å². The number of nitrogens with one attached hydrogen (secondary N) is 1. The topological polar surface area (TPSA) is 13.7 Å². The van der Waals surface area contributed by atoms with Gasteiger partial charge in [0.05, 0.1) is 13.1 Å². The van der Waals surface area contributed by atoms with Crippen LogP contribution in [0.25, 0.3) is 0 Å². The van der Waals surface area contributed by atoms with Crippen LogP contribution in [-0.2, 0) is 0 Å². The second kappa shape index (κ2) is 3.79. The summed E-state index contributed by atoms with van der Waals surface area (Å²) in [5.74, 6) is 0.974. The van der Waals surface area contributed by atoms with Gasteiger partial charge in [-0.15, -0.1) is 0 Å². The molecular weight excluding hydrogens is 162 g/mol.